The number of alkyl halides is 3. The predicted octanol–water partition coefficient (Wildman–Crippen LogP) is 4.88. The Morgan fingerprint density at radius 3 is 2.29 bits per heavy atom. The molecule has 0 radical (unpaired) electrons. The number of nitrogens with zero attached hydrogens (tertiary/aromatic N) is 2. The van der Waals surface area contributed by atoms with Gasteiger partial charge >= 0.3 is 6.18 Å². The fourth-order valence-corrected chi connectivity index (χ4v) is 2.45. The van der Waals surface area contributed by atoms with Crippen molar-refractivity contribution in [1.29, 1.82) is 0 Å². The molecule has 0 spiro atoms. The molecule has 0 saturated carbocycles. The third-order valence-electron chi connectivity index (χ3n) is 3.66. The molecule has 6 heteroatoms. The van der Waals surface area contributed by atoms with Crippen molar-refractivity contribution in [2.24, 2.45) is 0 Å². The number of ether oxygens (including phenoxy) is 1. The fraction of sp³-hybridized carbons (Fsp3) is 0.167. The molecule has 3 nitrogen and oxygen atoms in total. The van der Waals surface area contributed by atoms with E-state index in [9.17, 15) is 13.2 Å². The number of benzene rings is 2. The average Bonchev–Trinajstić information content (AvgIpc) is 3.01. The van der Waals surface area contributed by atoms with E-state index in [1.807, 2.05) is 19.1 Å². The Hall–Kier alpha value is -2.76. The molecule has 0 aliphatic rings. The molecule has 0 aliphatic carbocycles. The summed E-state index contributed by atoms with van der Waals surface area (Å²) in [7, 11) is 1.48. The highest BCUT2D eigenvalue weighted by atomic mass is 19.4. The van der Waals surface area contributed by atoms with E-state index in [1.54, 1.807) is 36.4 Å². The number of methoxy groups -OCH3 is 1. The monoisotopic (exact) mass is 332 g/mol. The van der Waals surface area contributed by atoms with E-state index in [2.05, 4.69) is 5.10 Å². The van der Waals surface area contributed by atoms with Gasteiger partial charge in [0.15, 0.2) is 5.69 Å². The molecular weight excluding hydrogens is 317 g/mol. The SMILES string of the molecule is COc1ccccc1-c1cc(C(F)(F)F)nn1-c1ccc(C)cc1. The summed E-state index contributed by atoms with van der Waals surface area (Å²) in [5.41, 5.74) is 1.49. The van der Waals surface area contributed by atoms with Crippen molar-refractivity contribution in [3.8, 4) is 22.7 Å². The van der Waals surface area contributed by atoms with Gasteiger partial charge in [-0.15, -0.1) is 0 Å². The van der Waals surface area contributed by atoms with E-state index in [4.69, 9.17) is 4.74 Å². The molecule has 3 rings (SSSR count). The molecule has 1 heterocycles. The summed E-state index contributed by atoms with van der Waals surface area (Å²) in [4.78, 5) is 0. The third-order valence-corrected chi connectivity index (χ3v) is 3.66. The Bertz CT molecular complexity index is 851. The van der Waals surface area contributed by atoms with Crippen molar-refractivity contribution in [2.75, 3.05) is 7.11 Å². The molecule has 1 aromatic heterocycles. The summed E-state index contributed by atoms with van der Waals surface area (Å²) >= 11 is 0. The first kappa shape index (κ1) is 16.1. The molecule has 3 aromatic rings. The minimum Gasteiger partial charge on any atom is -0.496 e. The lowest BCUT2D eigenvalue weighted by molar-refractivity contribution is -0.141. The van der Waals surface area contributed by atoms with E-state index in [0.717, 1.165) is 11.6 Å². The van der Waals surface area contributed by atoms with Gasteiger partial charge < -0.3 is 4.74 Å². The molecule has 0 aliphatic heterocycles. The van der Waals surface area contributed by atoms with E-state index in [-0.39, 0.29) is 0 Å². The highest BCUT2D eigenvalue weighted by Gasteiger charge is 2.35. The molecule has 0 amide bonds. The number of hydrogen-bond acceptors (Lipinski definition) is 2. The Labute approximate surface area is 137 Å². The Morgan fingerprint density at radius 1 is 1.00 bits per heavy atom. The van der Waals surface area contributed by atoms with Crippen molar-refractivity contribution in [3.63, 3.8) is 0 Å². The minimum absolute atomic E-state index is 0.323. The lowest BCUT2D eigenvalue weighted by Gasteiger charge is -2.11. The summed E-state index contributed by atoms with van der Waals surface area (Å²) < 4.78 is 46.0. The van der Waals surface area contributed by atoms with E-state index in [0.29, 0.717) is 22.7 Å². The van der Waals surface area contributed by atoms with Crippen LogP contribution in [0.2, 0.25) is 0 Å². The van der Waals surface area contributed by atoms with E-state index < -0.39 is 11.9 Å². The summed E-state index contributed by atoms with van der Waals surface area (Å²) in [6, 6.07) is 15.1. The highest BCUT2D eigenvalue weighted by Crippen LogP contribution is 2.36. The lowest BCUT2D eigenvalue weighted by atomic mass is 10.1. The van der Waals surface area contributed by atoms with Crippen LogP contribution in [-0.2, 0) is 6.18 Å². The fourth-order valence-electron chi connectivity index (χ4n) is 2.45. The predicted molar refractivity (Wildman–Crippen MR) is 85.3 cm³/mol. The lowest BCUT2D eigenvalue weighted by Crippen LogP contribution is -2.07. The van der Waals surface area contributed by atoms with Crippen LogP contribution < -0.4 is 4.74 Å². The summed E-state index contributed by atoms with van der Waals surface area (Å²) in [5.74, 6) is 0.486. The summed E-state index contributed by atoms with van der Waals surface area (Å²) in [5, 5.41) is 3.77. The zero-order valence-corrected chi connectivity index (χ0v) is 13.1. The first-order chi connectivity index (χ1) is 11.4. The van der Waals surface area contributed by atoms with Gasteiger partial charge in [0.2, 0.25) is 0 Å². The van der Waals surface area contributed by atoms with Crippen molar-refractivity contribution >= 4 is 0 Å². The maximum absolute atomic E-state index is 13.2. The number of hydrogen-bond donors (Lipinski definition) is 0. The summed E-state index contributed by atoms with van der Waals surface area (Å²) in [6.07, 6.45) is -4.52. The molecule has 0 atom stereocenters. The smallest absolute Gasteiger partial charge is 0.435 e. The van der Waals surface area contributed by atoms with Gasteiger partial charge in [-0.25, -0.2) is 4.68 Å². The van der Waals surface area contributed by atoms with Crippen LogP contribution in [0.4, 0.5) is 13.2 Å². The largest absolute Gasteiger partial charge is 0.496 e. The Kier molecular flexibility index (Phi) is 4.05. The van der Waals surface area contributed by atoms with Gasteiger partial charge in [-0.2, -0.15) is 18.3 Å². The molecule has 0 saturated heterocycles. The van der Waals surface area contributed by atoms with Crippen molar-refractivity contribution < 1.29 is 17.9 Å². The van der Waals surface area contributed by atoms with E-state index in [1.165, 1.54) is 11.8 Å². The molecule has 24 heavy (non-hydrogen) atoms. The second kappa shape index (κ2) is 6.03. The van der Waals surface area contributed by atoms with Crippen molar-refractivity contribution in [2.45, 2.75) is 13.1 Å². The third kappa shape index (κ3) is 2.99. The highest BCUT2D eigenvalue weighted by molar-refractivity contribution is 5.69. The van der Waals surface area contributed by atoms with Crippen LogP contribution in [0.1, 0.15) is 11.3 Å². The Morgan fingerprint density at radius 2 is 1.67 bits per heavy atom. The van der Waals surface area contributed by atoms with Gasteiger partial charge in [0, 0.05) is 5.56 Å². The average molecular weight is 332 g/mol. The van der Waals surface area contributed by atoms with Gasteiger partial charge in [0.05, 0.1) is 18.5 Å². The van der Waals surface area contributed by atoms with Crippen LogP contribution in [0.5, 0.6) is 5.75 Å². The normalized spacial score (nSPS) is 11.5. The van der Waals surface area contributed by atoms with Gasteiger partial charge in [-0.3, -0.25) is 0 Å². The maximum Gasteiger partial charge on any atom is 0.435 e. The number of rotatable bonds is 3. The first-order valence-electron chi connectivity index (χ1n) is 7.28. The van der Waals surface area contributed by atoms with Gasteiger partial charge in [-0.05, 0) is 37.3 Å². The molecule has 2 aromatic carbocycles. The number of aryl methyl sites for hydroxylation is 1. The van der Waals surface area contributed by atoms with Gasteiger partial charge in [0.25, 0.3) is 0 Å². The topological polar surface area (TPSA) is 27.1 Å². The molecule has 0 fully saturated rings. The Balaban J connectivity index is 2.24. The van der Waals surface area contributed by atoms with Crippen LogP contribution in [0.15, 0.2) is 54.6 Å². The molecule has 0 unspecified atom stereocenters. The van der Waals surface area contributed by atoms with Gasteiger partial charge in [0.1, 0.15) is 5.75 Å². The molecule has 0 N–H and O–H groups in total. The number of para-hydroxylation sites is 1. The molecule has 0 bridgehead atoms. The molecule has 124 valence electrons. The van der Waals surface area contributed by atoms with Crippen molar-refractivity contribution in [3.05, 3.63) is 65.9 Å². The second-order valence-corrected chi connectivity index (χ2v) is 5.36. The zero-order valence-electron chi connectivity index (χ0n) is 13.1. The quantitative estimate of drug-likeness (QED) is 0.684. The standard InChI is InChI=1S/C18H15F3N2O/c1-12-7-9-13(10-8-12)23-15(11-17(22-23)18(19,20)21)14-5-3-4-6-16(14)24-2/h3-11H,1-2H3. The van der Waals surface area contributed by atoms with Crippen LogP contribution in [-0.4, -0.2) is 16.9 Å². The van der Waals surface area contributed by atoms with Gasteiger partial charge in [-0.1, -0.05) is 29.8 Å². The van der Waals surface area contributed by atoms with Crippen molar-refractivity contribution in [1.82, 2.24) is 9.78 Å². The maximum atomic E-state index is 13.2. The first-order valence-corrected chi connectivity index (χ1v) is 7.28. The zero-order chi connectivity index (χ0) is 17.3. The van der Waals surface area contributed by atoms with Crippen LogP contribution in [0, 0.1) is 6.92 Å². The van der Waals surface area contributed by atoms with Crippen LogP contribution in [0.3, 0.4) is 0 Å². The number of aromatic nitrogens is 2. The molecular formula is C18H15F3N2O. The van der Waals surface area contributed by atoms with Crippen LogP contribution >= 0.6 is 0 Å². The van der Waals surface area contributed by atoms with E-state index >= 15 is 0 Å². The minimum atomic E-state index is -4.52. The number of halogens is 3. The van der Waals surface area contributed by atoms with Crippen LogP contribution in [0.25, 0.3) is 16.9 Å². The summed E-state index contributed by atoms with van der Waals surface area (Å²) in [6.45, 7) is 1.91. The second-order valence-electron chi connectivity index (χ2n) is 5.36.